The second-order valence-electron chi connectivity index (χ2n) is 7.58. The van der Waals surface area contributed by atoms with Gasteiger partial charge in [0, 0.05) is 37.1 Å². The smallest absolute Gasteiger partial charge is 0.418 e. The summed E-state index contributed by atoms with van der Waals surface area (Å²) in [5, 5.41) is 9.74. The van der Waals surface area contributed by atoms with Gasteiger partial charge in [0.2, 0.25) is 0 Å². The van der Waals surface area contributed by atoms with Crippen LogP contribution in [0.25, 0.3) is 22.2 Å². The van der Waals surface area contributed by atoms with Crippen molar-refractivity contribution in [3.8, 4) is 11.3 Å². The number of halogens is 4. The lowest BCUT2D eigenvalue weighted by Crippen LogP contribution is -2.48. The lowest BCUT2D eigenvalue weighted by atomic mass is 9.97. The monoisotopic (exact) mass is 480 g/mol. The molecule has 0 spiro atoms. The Bertz CT molecular complexity index is 1230. The van der Waals surface area contributed by atoms with Crippen molar-refractivity contribution < 1.29 is 23.1 Å². The van der Waals surface area contributed by atoms with E-state index in [0.29, 0.717) is 42.9 Å². The Morgan fingerprint density at radius 2 is 1.88 bits per heavy atom. The quantitative estimate of drug-likeness (QED) is 0.575. The van der Waals surface area contributed by atoms with E-state index in [4.69, 9.17) is 22.4 Å². The molecule has 12 heteroatoms. The first-order valence-corrected chi connectivity index (χ1v) is 10.5. The van der Waals surface area contributed by atoms with Crippen molar-refractivity contribution in [2.75, 3.05) is 36.8 Å². The Labute approximate surface area is 191 Å². The SMILES string of the molecule is CCc1cc(N)nc(-c2cc3ncnc(N4CCN(C(=O)O)CC4)c3cc2Cl)c1C(F)(F)F. The van der Waals surface area contributed by atoms with Crippen molar-refractivity contribution in [1.29, 1.82) is 0 Å². The number of hydrogen-bond donors (Lipinski definition) is 2. The highest BCUT2D eigenvalue weighted by Gasteiger charge is 2.38. The third-order valence-electron chi connectivity index (χ3n) is 5.59. The lowest BCUT2D eigenvalue weighted by Gasteiger charge is -2.34. The van der Waals surface area contributed by atoms with E-state index in [1.807, 2.05) is 4.90 Å². The molecule has 1 amide bonds. The summed E-state index contributed by atoms with van der Waals surface area (Å²) in [5.74, 6) is 0.495. The Morgan fingerprint density at radius 3 is 2.48 bits per heavy atom. The molecule has 174 valence electrons. The molecule has 1 fully saturated rings. The molecular formula is C21H20ClF3N6O2. The molecule has 1 aromatic carbocycles. The first-order valence-electron chi connectivity index (χ1n) is 10.1. The molecule has 3 heterocycles. The summed E-state index contributed by atoms with van der Waals surface area (Å²) in [4.78, 5) is 26.9. The fourth-order valence-corrected chi connectivity index (χ4v) is 4.27. The molecule has 1 saturated heterocycles. The van der Waals surface area contributed by atoms with Gasteiger partial charge >= 0.3 is 12.3 Å². The van der Waals surface area contributed by atoms with E-state index in [1.54, 1.807) is 6.92 Å². The number of nitrogens with zero attached hydrogens (tertiary/aromatic N) is 5. The molecule has 0 unspecified atom stereocenters. The van der Waals surface area contributed by atoms with Crippen molar-refractivity contribution >= 4 is 40.2 Å². The summed E-state index contributed by atoms with van der Waals surface area (Å²) < 4.78 is 41.9. The summed E-state index contributed by atoms with van der Waals surface area (Å²) in [6.07, 6.45) is -4.21. The van der Waals surface area contributed by atoms with Gasteiger partial charge in [-0.2, -0.15) is 13.2 Å². The average Bonchev–Trinajstić information content (AvgIpc) is 2.76. The van der Waals surface area contributed by atoms with Crippen LogP contribution in [0.1, 0.15) is 18.1 Å². The average molecular weight is 481 g/mol. The predicted molar refractivity (Wildman–Crippen MR) is 118 cm³/mol. The summed E-state index contributed by atoms with van der Waals surface area (Å²) in [6, 6.07) is 4.19. The van der Waals surface area contributed by atoms with Crippen molar-refractivity contribution in [2.45, 2.75) is 19.5 Å². The van der Waals surface area contributed by atoms with E-state index in [9.17, 15) is 18.0 Å². The number of aromatic nitrogens is 3. The lowest BCUT2D eigenvalue weighted by molar-refractivity contribution is -0.137. The van der Waals surface area contributed by atoms with Crippen LogP contribution < -0.4 is 10.6 Å². The molecule has 1 aliphatic rings. The minimum Gasteiger partial charge on any atom is -0.465 e. The van der Waals surface area contributed by atoms with Gasteiger partial charge in [-0.3, -0.25) is 0 Å². The minimum atomic E-state index is -4.65. The van der Waals surface area contributed by atoms with Crippen molar-refractivity contribution in [2.24, 2.45) is 0 Å². The zero-order chi connectivity index (χ0) is 23.9. The van der Waals surface area contributed by atoms with Gasteiger partial charge in [-0.25, -0.2) is 19.7 Å². The van der Waals surface area contributed by atoms with Gasteiger partial charge in [-0.05, 0) is 30.2 Å². The van der Waals surface area contributed by atoms with Crippen LogP contribution in [-0.2, 0) is 12.6 Å². The highest BCUT2D eigenvalue weighted by molar-refractivity contribution is 6.34. The predicted octanol–water partition coefficient (Wildman–Crippen LogP) is 4.31. The van der Waals surface area contributed by atoms with Gasteiger partial charge in [-0.15, -0.1) is 0 Å². The van der Waals surface area contributed by atoms with Gasteiger partial charge in [0.25, 0.3) is 0 Å². The maximum atomic E-state index is 14.0. The van der Waals surface area contributed by atoms with E-state index < -0.39 is 17.8 Å². The molecule has 0 radical (unpaired) electrons. The van der Waals surface area contributed by atoms with Crippen LogP contribution in [0.3, 0.4) is 0 Å². The molecule has 0 bridgehead atoms. The maximum Gasteiger partial charge on any atom is 0.418 e. The highest BCUT2D eigenvalue weighted by Crippen LogP contribution is 2.43. The van der Waals surface area contributed by atoms with Crippen LogP contribution in [-0.4, -0.2) is 57.2 Å². The molecule has 8 nitrogen and oxygen atoms in total. The number of piperazine rings is 1. The second kappa shape index (κ2) is 8.54. The Morgan fingerprint density at radius 1 is 1.18 bits per heavy atom. The third-order valence-corrected chi connectivity index (χ3v) is 5.91. The zero-order valence-electron chi connectivity index (χ0n) is 17.5. The van der Waals surface area contributed by atoms with Crippen molar-refractivity contribution in [3.05, 3.63) is 40.7 Å². The summed E-state index contributed by atoms with van der Waals surface area (Å²) in [7, 11) is 0. The van der Waals surface area contributed by atoms with E-state index in [0.717, 1.165) is 0 Å². The molecule has 0 atom stereocenters. The van der Waals surface area contributed by atoms with Crippen LogP contribution in [0.5, 0.6) is 0 Å². The number of hydrogen-bond acceptors (Lipinski definition) is 6. The van der Waals surface area contributed by atoms with Gasteiger partial charge in [0.05, 0.1) is 21.8 Å². The van der Waals surface area contributed by atoms with E-state index in [2.05, 4.69) is 15.0 Å². The molecule has 3 N–H and O–H groups in total. The first kappa shape index (κ1) is 22.8. The number of nitrogens with two attached hydrogens (primary N) is 1. The standard InChI is InChI=1S/C21H20ClF3N6O2/c1-2-11-7-16(26)29-18(17(11)21(23,24)25)12-9-15-13(8-14(12)22)19(28-10-27-15)30-3-5-31(6-4-30)20(32)33/h7-10H,2-6H2,1H3,(H2,26,29)(H,32,33). The highest BCUT2D eigenvalue weighted by atomic mass is 35.5. The van der Waals surface area contributed by atoms with Gasteiger partial charge in [0.1, 0.15) is 18.0 Å². The Kier molecular flexibility index (Phi) is 5.91. The second-order valence-corrected chi connectivity index (χ2v) is 7.99. The number of benzene rings is 1. The molecule has 4 rings (SSSR count). The Balaban J connectivity index is 1.83. The van der Waals surface area contributed by atoms with Gasteiger partial charge < -0.3 is 20.6 Å². The number of pyridine rings is 1. The van der Waals surface area contributed by atoms with E-state index in [1.165, 1.54) is 29.4 Å². The molecule has 2 aromatic heterocycles. The molecule has 1 aliphatic heterocycles. The fraction of sp³-hybridized carbons (Fsp3) is 0.333. The summed E-state index contributed by atoms with van der Waals surface area (Å²) in [6.45, 7) is 3.03. The van der Waals surface area contributed by atoms with Crippen LogP contribution in [0, 0.1) is 0 Å². The van der Waals surface area contributed by atoms with Crippen LogP contribution >= 0.6 is 11.6 Å². The number of carbonyl (C=O) groups is 1. The topological polar surface area (TPSA) is 108 Å². The molecule has 3 aromatic rings. The fourth-order valence-electron chi connectivity index (χ4n) is 4.02. The van der Waals surface area contributed by atoms with Crippen LogP contribution in [0.15, 0.2) is 24.5 Å². The van der Waals surface area contributed by atoms with E-state index >= 15 is 0 Å². The van der Waals surface area contributed by atoms with Crippen LogP contribution in [0.4, 0.5) is 29.6 Å². The maximum absolute atomic E-state index is 14.0. The number of fused-ring (bicyclic) bond motifs is 1. The minimum absolute atomic E-state index is 0.0286. The summed E-state index contributed by atoms with van der Waals surface area (Å²) in [5.41, 5.74) is 5.06. The number of alkyl halides is 3. The largest absolute Gasteiger partial charge is 0.465 e. The number of carboxylic acid groups (broad SMARTS) is 1. The van der Waals surface area contributed by atoms with Crippen molar-refractivity contribution in [1.82, 2.24) is 19.9 Å². The number of anilines is 2. The van der Waals surface area contributed by atoms with E-state index in [-0.39, 0.29) is 34.1 Å². The number of rotatable bonds is 3. The first-order chi connectivity index (χ1) is 15.6. The number of nitrogen functional groups attached to an aromatic ring is 1. The molecule has 0 aliphatic carbocycles. The van der Waals surface area contributed by atoms with Crippen molar-refractivity contribution in [3.63, 3.8) is 0 Å². The molecular weight excluding hydrogens is 461 g/mol. The third kappa shape index (κ3) is 4.32. The molecule has 0 saturated carbocycles. The van der Waals surface area contributed by atoms with Crippen LogP contribution in [0.2, 0.25) is 5.02 Å². The van der Waals surface area contributed by atoms with Gasteiger partial charge in [0.15, 0.2) is 0 Å². The molecule has 33 heavy (non-hydrogen) atoms. The zero-order valence-corrected chi connectivity index (χ0v) is 18.3. The number of aryl methyl sites for hydroxylation is 1. The van der Waals surface area contributed by atoms with Gasteiger partial charge in [-0.1, -0.05) is 18.5 Å². The normalized spacial score (nSPS) is 14.7. The Hall–Kier alpha value is -3.34. The number of amides is 1. The summed E-state index contributed by atoms with van der Waals surface area (Å²) >= 11 is 6.48.